The first kappa shape index (κ1) is 23.4. The maximum Gasteiger partial charge on any atom is 0.338 e. The number of rotatable bonds is 8. The van der Waals surface area contributed by atoms with Gasteiger partial charge in [0.15, 0.2) is 11.3 Å². The van der Waals surface area contributed by atoms with E-state index in [1.165, 1.54) is 17.4 Å². The molecule has 0 aliphatic heterocycles. The van der Waals surface area contributed by atoms with Crippen molar-refractivity contribution in [1.29, 1.82) is 0 Å². The third-order valence-corrected chi connectivity index (χ3v) is 5.94. The van der Waals surface area contributed by atoms with Crippen molar-refractivity contribution in [2.75, 3.05) is 19.8 Å². The monoisotopic (exact) mass is 456 g/mol. The lowest BCUT2D eigenvalue weighted by molar-refractivity contribution is -0.161. The molecule has 0 atom stereocenters. The minimum Gasteiger partial charge on any atom is -0.465 e. The highest BCUT2D eigenvalue weighted by Gasteiger charge is 2.30. The fourth-order valence-electron chi connectivity index (χ4n) is 3.46. The molecule has 8 heteroatoms. The molecule has 0 fully saturated rings. The van der Waals surface area contributed by atoms with E-state index in [9.17, 15) is 19.2 Å². The van der Waals surface area contributed by atoms with Crippen LogP contribution in [0.4, 0.5) is 0 Å². The predicted octanol–water partition coefficient (Wildman–Crippen LogP) is 3.88. The van der Waals surface area contributed by atoms with Gasteiger partial charge in [-0.05, 0) is 57.0 Å². The van der Waals surface area contributed by atoms with Gasteiger partial charge in [-0.1, -0.05) is 12.1 Å². The Hall–Kier alpha value is -3.26. The van der Waals surface area contributed by atoms with E-state index in [2.05, 4.69) is 0 Å². The van der Waals surface area contributed by atoms with Gasteiger partial charge in [0.2, 0.25) is 0 Å². The first-order chi connectivity index (χ1) is 15.4. The fourth-order valence-corrected chi connectivity index (χ4v) is 4.62. The number of carbonyl (C=O) groups excluding carboxylic acids is 3. The zero-order valence-electron chi connectivity index (χ0n) is 18.1. The Bertz CT molecular complexity index is 1210. The average Bonchev–Trinajstić information content (AvgIpc) is 2.77. The summed E-state index contributed by atoms with van der Waals surface area (Å²) in [5.41, 5.74) is 0.367. The molecule has 0 aliphatic rings. The van der Waals surface area contributed by atoms with Crippen LogP contribution in [-0.4, -0.2) is 37.7 Å². The highest BCUT2D eigenvalue weighted by Crippen LogP contribution is 2.29. The van der Waals surface area contributed by atoms with Crippen molar-refractivity contribution in [1.82, 2.24) is 0 Å². The summed E-state index contributed by atoms with van der Waals surface area (Å²) in [6, 6.07) is 10.4. The van der Waals surface area contributed by atoms with Crippen LogP contribution in [0.3, 0.4) is 0 Å². The van der Waals surface area contributed by atoms with E-state index in [0.29, 0.717) is 15.6 Å². The van der Waals surface area contributed by atoms with Gasteiger partial charge in [-0.25, -0.2) is 4.79 Å². The third-order valence-electron chi connectivity index (χ3n) is 4.82. The van der Waals surface area contributed by atoms with E-state index in [1.54, 1.807) is 39.0 Å². The van der Waals surface area contributed by atoms with Crippen LogP contribution in [0, 0.1) is 5.92 Å². The molecule has 1 aromatic heterocycles. The topological polar surface area (TPSA) is 96.0 Å². The molecule has 0 saturated heterocycles. The van der Waals surface area contributed by atoms with Gasteiger partial charge in [0.1, 0.15) is 0 Å². The summed E-state index contributed by atoms with van der Waals surface area (Å²) < 4.78 is 16.6. The lowest BCUT2D eigenvalue weighted by Gasteiger charge is -2.16. The van der Waals surface area contributed by atoms with Crippen LogP contribution in [0.15, 0.2) is 41.2 Å². The van der Waals surface area contributed by atoms with Gasteiger partial charge in [-0.3, -0.25) is 14.4 Å². The highest BCUT2D eigenvalue weighted by atomic mass is 32.1. The smallest absolute Gasteiger partial charge is 0.338 e. The van der Waals surface area contributed by atoms with Crippen molar-refractivity contribution in [3.63, 3.8) is 0 Å². The largest absolute Gasteiger partial charge is 0.465 e. The Morgan fingerprint density at radius 2 is 1.50 bits per heavy atom. The lowest BCUT2D eigenvalue weighted by Crippen LogP contribution is -2.30. The van der Waals surface area contributed by atoms with E-state index < -0.39 is 23.8 Å². The summed E-state index contributed by atoms with van der Waals surface area (Å²) in [7, 11) is 0. The van der Waals surface area contributed by atoms with Crippen LogP contribution in [0.25, 0.3) is 20.2 Å². The van der Waals surface area contributed by atoms with E-state index in [-0.39, 0.29) is 42.6 Å². The summed E-state index contributed by atoms with van der Waals surface area (Å²) in [6.07, 6.45) is -0.0340. The molecular formula is C24H24O7S. The number of esters is 3. The molecule has 2 aromatic carbocycles. The number of hydrogen-bond donors (Lipinski definition) is 0. The maximum atomic E-state index is 13.2. The number of hydrogen-bond acceptors (Lipinski definition) is 8. The van der Waals surface area contributed by atoms with Crippen molar-refractivity contribution < 1.29 is 28.6 Å². The summed E-state index contributed by atoms with van der Waals surface area (Å²) >= 11 is 1.35. The zero-order chi connectivity index (χ0) is 23.3. The van der Waals surface area contributed by atoms with E-state index in [4.69, 9.17) is 14.2 Å². The van der Waals surface area contributed by atoms with Gasteiger partial charge >= 0.3 is 17.9 Å². The molecule has 0 unspecified atom stereocenters. The SMILES string of the molecule is CCOC(=O)c1cc(CC(C(=O)OCC)C(=O)OCC)cc2sc3ccccc3c(=O)c12. The fraction of sp³-hybridized carbons (Fsp3) is 0.333. The van der Waals surface area contributed by atoms with E-state index in [1.807, 2.05) is 12.1 Å². The van der Waals surface area contributed by atoms with Crippen molar-refractivity contribution in [3.05, 3.63) is 57.7 Å². The van der Waals surface area contributed by atoms with Gasteiger partial charge in [-0.15, -0.1) is 11.3 Å². The summed E-state index contributed by atoms with van der Waals surface area (Å²) in [5.74, 6) is -3.21. The summed E-state index contributed by atoms with van der Waals surface area (Å²) in [4.78, 5) is 50.7. The lowest BCUT2D eigenvalue weighted by atomic mass is 9.96. The van der Waals surface area contributed by atoms with Gasteiger partial charge < -0.3 is 14.2 Å². The molecule has 0 spiro atoms. The number of fused-ring (bicyclic) bond motifs is 2. The molecule has 0 N–H and O–H groups in total. The molecule has 0 saturated carbocycles. The first-order valence-electron chi connectivity index (χ1n) is 10.4. The Morgan fingerprint density at radius 3 is 2.12 bits per heavy atom. The van der Waals surface area contributed by atoms with Crippen molar-refractivity contribution >= 4 is 49.4 Å². The molecule has 168 valence electrons. The molecule has 1 heterocycles. The van der Waals surface area contributed by atoms with E-state index >= 15 is 0 Å². The average molecular weight is 457 g/mol. The van der Waals surface area contributed by atoms with Crippen molar-refractivity contribution in [2.24, 2.45) is 5.92 Å². The predicted molar refractivity (Wildman–Crippen MR) is 122 cm³/mol. The van der Waals surface area contributed by atoms with Crippen LogP contribution in [-0.2, 0) is 30.2 Å². The standard InChI is InChI=1S/C24H24O7S/c1-4-29-22(26)16-11-14(12-17(23(27)30-5-2)24(28)31-6-3)13-19-20(16)21(25)15-9-7-8-10-18(15)32-19/h7-11,13,17H,4-6,12H2,1-3H3. The normalized spacial score (nSPS) is 11.0. The zero-order valence-corrected chi connectivity index (χ0v) is 19.0. The van der Waals surface area contributed by atoms with Crippen LogP contribution in [0.2, 0.25) is 0 Å². The maximum absolute atomic E-state index is 13.2. The second-order valence-electron chi connectivity index (χ2n) is 6.93. The molecule has 3 aromatic rings. The quantitative estimate of drug-likeness (QED) is 0.220. The van der Waals surface area contributed by atoms with Gasteiger partial charge in [0, 0.05) is 14.8 Å². The molecule has 7 nitrogen and oxygen atoms in total. The van der Waals surface area contributed by atoms with E-state index in [0.717, 1.165) is 4.70 Å². The minimum absolute atomic E-state index is 0.0340. The second-order valence-corrected chi connectivity index (χ2v) is 8.01. The molecule has 0 radical (unpaired) electrons. The first-order valence-corrected chi connectivity index (χ1v) is 11.2. The van der Waals surface area contributed by atoms with Gasteiger partial charge in [0.05, 0.1) is 30.8 Å². The Balaban J connectivity index is 2.19. The van der Waals surface area contributed by atoms with Crippen molar-refractivity contribution in [2.45, 2.75) is 27.2 Å². The van der Waals surface area contributed by atoms with Crippen molar-refractivity contribution in [3.8, 4) is 0 Å². The molecular weight excluding hydrogens is 432 g/mol. The summed E-state index contributed by atoms with van der Waals surface area (Å²) in [5, 5.41) is 0.777. The van der Waals surface area contributed by atoms with Crippen LogP contribution >= 0.6 is 11.3 Å². The van der Waals surface area contributed by atoms with Gasteiger partial charge in [-0.2, -0.15) is 0 Å². The molecule has 0 amide bonds. The number of carbonyl (C=O) groups is 3. The second kappa shape index (κ2) is 10.4. The summed E-state index contributed by atoms with van der Waals surface area (Å²) in [6.45, 7) is 5.36. The molecule has 0 bridgehead atoms. The number of benzene rings is 2. The highest BCUT2D eigenvalue weighted by molar-refractivity contribution is 7.24. The van der Waals surface area contributed by atoms with Gasteiger partial charge in [0.25, 0.3) is 0 Å². The molecule has 32 heavy (non-hydrogen) atoms. The Kier molecular flexibility index (Phi) is 7.58. The van der Waals surface area contributed by atoms with Crippen LogP contribution < -0.4 is 5.43 Å². The Labute approximate surface area is 188 Å². The minimum atomic E-state index is -1.18. The molecule has 0 aliphatic carbocycles. The van der Waals surface area contributed by atoms with Crippen LogP contribution in [0.1, 0.15) is 36.7 Å². The Morgan fingerprint density at radius 1 is 0.875 bits per heavy atom. The van der Waals surface area contributed by atoms with Crippen LogP contribution in [0.5, 0.6) is 0 Å². The molecule has 3 rings (SSSR count). The number of ether oxygens (including phenoxy) is 3. The third kappa shape index (κ3) is 4.80.